The summed E-state index contributed by atoms with van der Waals surface area (Å²) < 4.78 is 7.65. The van der Waals surface area contributed by atoms with Gasteiger partial charge in [-0.05, 0) is 20.8 Å². The molecule has 1 aromatic heterocycles. The van der Waals surface area contributed by atoms with Crippen molar-refractivity contribution in [2.45, 2.75) is 45.9 Å². The number of ether oxygens (including phenoxy) is 1. The van der Waals surface area contributed by atoms with Crippen LogP contribution in [0.5, 0.6) is 0 Å². The van der Waals surface area contributed by atoms with Crippen molar-refractivity contribution in [2.24, 2.45) is 5.84 Å². The van der Waals surface area contributed by atoms with E-state index in [0.29, 0.717) is 6.61 Å². The predicted octanol–water partition coefficient (Wildman–Crippen LogP) is 0.702. The molecule has 0 aliphatic rings. The minimum absolute atomic E-state index is 0.0806. The quantitative estimate of drug-likeness (QED) is 0.530. The van der Waals surface area contributed by atoms with Crippen molar-refractivity contribution in [1.82, 2.24) is 15.0 Å². The van der Waals surface area contributed by atoms with Gasteiger partial charge >= 0.3 is 0 Å². The first-order chi connectivity index (χ1) is 7.72. The number of nitrogens with one attached hydrogen (secondary N) is 1. The molecule has 16 heavy (non-hydrogen) atoms. The van der Waals surface area contributed by atoms with Crippen LogP contribution in [-0.4, -0.2) is 28.3 Å². The first-order valence-electron chi connectivity index (χ1n) is 5.80. The summed E-state index contributed by atoms with van der Waals surface area (Å²) in [6.45, 7) is 7.73. The van der Waals surface area contributed by atoms with E-state index in [0.717, 1.165) is 18.8 Å². The molecule has 0 fully saturated rings. The SMILES string of the molecule is CCOC(C)C(Cc1nccn1CC)NN. The molecule has 0 radical (unpaired) electrons. The number of imidazole rings is 1. The fourth-order valence-electron chi connectivity index (χ4n) is 1.75. The second-order valence-electron chi connectivity index (χ2n) is 3.77. The van der Waals surface area contributed by atoms with E-state index in [1.165, 1.54) is 0 Å². The van der Waals surface area contributed by atoms with E-state index < -0.39 is 0 Å². The van der Waals surface area contributed by atoms with E-state index in [1.54, 1.807) is 0 Å². The Morgan fingerprint density at radius 1 is 1.56 bits per heavy atom. The third kappa shape index (κ3) is 3.30. The van der Waals surface area contributed by atoms with Crippen LogP contribution >= 0.6 is 0 Å². The minimum atomic E-state index is 0.0806. The largest absolute Gasteiger partial charge is 0.377 e. The highest BCUT2D eigenvalue weighted by Gasteiger charge is 2.18. The van der Waals surface area contributed by atoms with Crippen LogP contribution in [0.15, 0.2) is 12.4 Å². The van der Waals surface area contributed by atoms with Crippen molar-refractivity contribution in [3.8, 4) is 0 Å². The topological polar surface area (TPSA) is 65.1 Å². The Bertz CT molecular complexity index is 300. The Balaban J connectivity index is 2.62. The Hall–Kier alpha value is -0.910. The minimum Gasteiger partial charge on any atom is -0.377 e. The van der Waals surface area contributed by atoms with E-state index in [4.69, 9.17) is 10.6 Å². The predicted molar refractivity (Wildman–Crippen MR) is 63.8 cm³/mol. The molecular weight excluding hydrogens is 204 g/mol. The molecule has 0 bridgehead atoms. The smallest absolute Gasteiger partial charge is 0.110 e. The first kappa shape index (κ1) is 13.2. The molecule has 2 unspecified atom stereocenters. The molecule has 92 valence electrons. The van der Waals surface area contributed by atoms with Crippen molar-refractivity contribution in [3.63, 3.8) is 0 Å². The standard InChI is InChI=1S/C11H22N4O/c1-4-15-7-6-13-11(15)8-10(14-12)9(3)16-5-2/h6-7,9-10,14H,4-5,8,12H2,1-3H3. The highest BCUT2D eigenvalue weighted by Crippen LogP contribution is 2.07. The van der Waals surface area contributed by atoms with Crippen LogP contribution in [0, 0.1) is 0 Å². The Labute approximate surface area is 97.0 Å². The summed E-state index contributed by atoms with van der Waals surface area (Å²) in [5, 5.41) is 0. The van der Waals surface area contributed by atoms with Crippen molar-refractivity contribution in [3.05, 3.63) is 18.2 Å². The fraction of sp³-hybridized carbons (Fsp3) is 0.727. The monoisotopic (exact) mass is 226 g/mol. The molecule has 1 heterocycles. The zero-order chi connectivity index (χ0) is 12.0. The number of nitrogens with two attached hydrogens (primary N) is 1. The van der Waals surface area contributed by atoms with Crippen molar-refractivity contribution >= 4 is 0 Å². The lowest BCUT2D eigenvalue weighted by Crippen LogP contribution is -2.45. The van der Waals surface area contributed by atoms with Gasteiger partial charge in [-0.15, -0.1) is 0 Å². The summed E-state index contributed by atoms with van der Waals surface area (Å²) in [5.41, 5.74) is 2.80. The molecule has 5 nitrogen and oxygen atoms in total. The van der Waals surface area contributed by atoms with Crippen molar-refractivity contribution in [2.75, 3.05) is 6.61 Å². The maximum Gasteiger partial charge on any atom is 0.110 e. The van der Waals surface area contributed by atoms with Crippen LogP contribution in [0.25, 0.3) is 0 Å². The van der Waals surface area contributed by atoms with Gasteiger partial charge in [0.05, 0.1) is 12.1 Å². The third-order valence-corrected chi connectivity index (χ3v) is 2.76. The molecule has 0 amide bonds. The number of hydrazine groups is 1. The van der Waals surface area contributed by atoms with E-state index in [2.05, 4.69) is 21.9 Å². The van der Waals surface area contributed by atoms with Gasteiger partial charge in [-0.2, -0.15) is 0 Å². The maximum atomic E-state index is 5.55. The second kappa shape index (κ2) is 6.62. The molecule has 3 N–H and O–H groups in total. The van der Waals surface area contributed by atoms with Crippen LogP contribution in [0.1, 0.15) is 26.6 Å². The number of rotatable bonds is 7. The first-order valence-corrected chi connectivity index (χ1v) is 5.80. The van der Waals surface area contributed by atoms with E-state index in [1.807, 2.05) is 26.2 Å². The molecule has 5 heteroatoms. The molecular formula is C11H22N4O. The summed E-state index contributed by atoms with van der Waals surface area (Å²) >= 11 is 0. The van der Waals surface area contributed by atoms with E-state index in [9.17, 15) is 0 Å². The van der Waals surface area contributed by atoms with Gasteiger partial charge < -0.3 is 9.30 Å². The summed E-state index contributed by atoms with van der Waals surface area (Å²) in [6.07, 6.45) is 4.65. The van der Waals surface area contributed by atoms with Crippen molar-refractivity contribution < 1.29 is 4.74 Å². The van der Waals surface area contributed by atoms with Crippen LogP contribution in [0.3, 0.4) is 0 Å². The molecule has 0 saturated heterocycles. The van der Waals surface area contributed by atoms with Gasteiger partial charge in [0.2, 0.25) is 0 Å². The van der Waals surface area contributed by atoms with Gasteiger partial charge in [0.25, 0.3) is 0 Å². The highest BCUT2D eigenvalue weighted by atomic mass is 16.5. The summed E-state index contributed by atoms with van der Waals surface area (Å²) in [4.78, 5) is 4.33. The van der Waals surface area contributed by atoms with Crippen LogP contribution in [0.2, 0.25) is 0 Å². The van der Waals surface area contributed by atoms with Crippen molar-refractivity contribution in [1.29, 1.82) is 0 Å². The van der Waals surface area contributed by atoms with Crippen LogP contribution < -0.4 is 11.3 Å². The molecule has 1 rings (SSSR count). The average molecular weight is 226 g/mol. The third-order valence-electron chi connectivity index (χ3n) is 2.76. The average Bonchev–Trinajstić information content (AvgIpc) is 2.73. The summed E-state index contributed by atoms with van der Waals surface area (Å²) in [6, 6.07) is 0.0904. The Morgan fingerprint density at radius 3 is 2.88 bits per heavy atom. The fourth-order valence-corrected chi connectivity index (χ4v) is 1.75. The Kier molecular flexibility index (Phi) is 5.45. The molecule has 2 atom stereocenters. The zero-order valence-electron chi connectivity index (χ0n) is 10.3. The highest BCUT2D eigenvalue weighted by molar-refractivity contribution is 4.96. The maximum absolute atomic E-state index is 5.55. The number of aromatic nitrogens is 2. The molecule has 0 aliphatic carbocycles. The van der Waals surface area contributed by atoms with Crippen LogP contribution in [-0.2, 0) is 17.7 Å². The van der Waals surface area contributed by atoms with Gasteiger partial charge in [-0.3, -0.25) is 11.3 Å². The molecule has 0 aromatic carbocycles. The summed E-state index contributed by atoms with van der Waals surface area (Å²) in [5.74, 6) is 6.58. The lowest BCUT2D eigenvalue weighted by Gasteiger charge is -2.23. The number of nitrogens with zero attached hydrogens (tertiary/aromatic N) is 2. The van der Waals surface area contributed by atoms with Gasteiger partial charge in [0, 0.05) is 32.0 Å². The van der Waals surface area contributed by atoms with Gasteiger partial charge in [-0.1, -0.05) is 0 Å². The molecule has 1 aromatic rings. The molecule has 0 aliphatic heterocycles. The number of aryl methyl sites for hydroxylation is 1. The number of hydrogen-bond donors (Lipinski definition) is 2. The second-order valence-corrected chi connectivity index (χ2v) is 3.77. The van der Waals surface area contributed by atoms with Gasteiger partial charge in [-0.25, -0.2) is 4.98 Å². The lowest BCUT2D eigenvalue weighted by atomic mass is 10.1. The van der Waals surface area contributed by atoms with E-state index in [-0.39, 0.29) is 12.1 Å². The van der Waals surface area contributed by atoms with Gasteiger partial charge in [0.1, 0.15) is 5.82 Å². The lowest BCUT2D eigenvalue weighted by molar-refractivity contribution is 0.0469. The summed E-state index contributed by atoms with van der Waals surface area (Å²) in [7, 11) is 0. The molecule has 0 spiro atoms. The van der Waals surface area contributed by atoms with E-state index >= 15 is 0 Å². The number of hydrogen-bond acceptors (Lipinski definition) is 4. The zero-order valence-corrected chi connectivity index (χ0v) is 10.3. The normalized spacial score (nSPS) is 15.0. The molecule has 0 saturated carbocycles. The van der Waals surface area contributed by atoms with Crippen LogP contribution in [0.4, 0.5) is 0 Å². The van der Waals surface area contributed by atoms with Gasteiger partial charge in [0.15, 0.2) is 0 Å². The Morgan fingerprint density at radius 2 is 2.31 bits per heavy atom.